The number of anilines is 3. The summed E-state index contributed by atoms with van der Waals surface area (Å²) in [6.07, 6.45) is 1.66. The van der Waals surface area contributed by atoms with Gasteiger partial charge >= 0.3 is 0 Å². The lowest BCUT2D eigenvalue weighted by atomic mass is 10.2. The summed E-state index contributed by atoms with van der Waals surface area (Å²) in [6, 6.07) is 19.4. The minimum absolute atomic E-state index is 0.269. The Hall–Kier alpha value is -3.34. The summed E-state index contributed by atoms with van der Waals surface area (Å²) in [5, 5.41) is 2.90. The van der Waals surface area contributed by atoms with Crippen molar-refractivity contribution in [1.82, 2.24) is 4.98 Å². The Balaban J connectivity index is 1.85. The molecular formula is C23H25N3O2. The smallest absolute Gasteiger partial charge is 0.274 e. The number of carbonyl (C=O) groups excluding carboxylic acids is 1. The van der Waals surface area contributed by atoms with Crippen LogP contribution in [-0.2, 0) is 0 Å². The molecule has 2 aromatic carbocycles. The molecule has 3 rings (SSSR count). The average molecular weight is 375 g/mol. The van der Waals surface area contributed by atoms with Gasteiger partial charge in [0, 0.05) is 24.1 Å². The zero-order valence-corrected chi connectivity index (χ0v) is 16.5. The van der Waals surface area contributed by atoms with Crippen LogP contribution in [0.4, 0.5) is 17.1 Å². The summed E-state index contributed by atoms with van der Waals surface area (Å²) in [7, 11) is 0. The van der Waals surface area contributed by atoms with Crippen molar-refractivity contribution in [2.24, 2.45) is 0 Å². The van der Waals surface area contributed by atoms with E-state index in [1.165, 1.54) is 5.56 Å². The molecule has 1 aromatic heterocycles. The van der Waals surface area contributed by atoms with Crippen molar-refractivity contribution in [3.05, 3.63) is 78.1 Å². The third-order valence-electron chi connectivity index (χ3n) is 4.35. The summed E-state index contributed by atoms with van der Waals surface area (Å²) in [6.45, 7) is 7.37. The number of benzene rings is 2. The molecule has 0 bridgehead atoms. The van der Waals surface area contributed by atoms with Crippen molar-refractivity contribution in [3.63, 3.8) is 0 Å². The van der Waals surface area contributed by atoms with Crippen molar-refractivity contribution in [2.45, 2.75) is 20.8 Å². The predicted octanol–water partition coefficient (Wildman–Crippen LogP) is 5.20. The van der Waals surface area contributed by atoms with Gasteiger partial charge in [0.05, 0.1) is 12.3 Å². The minimum atomic E-state index is -0.269. The van der Waals surface area contributed by atoms with Gasteiger partial charge in [0.25, 0.3) is 5.91 Å². The summed E-state index contributed by atoms with van der Waals surface area (Å²) in [4.78, 5) is 19.2. The molecular weight excluding hydrogens is 350 g/mol. The molecule has 0 fully saturated rings. The maximum absolute atomic E-state index is 12.8. The number of nitrogens with one attached hydrogen (secondary N) is 1. The number of hydrogen-bond acceptors (Lipinski definition) is 4. The number of aryl methyl sites for hydroxylation is 1. The van der Waals surface area contributed by atoms with Gasteiger partial charge in [-0.2, -0.15) is 0 Å². The first-order valence-corrected chi connectivity index (χ1v) is 9.45. The van der Waals surface area contributed by atoms with Gasteiger partial charge < -0.3 is 15.0 Å². The molecule has 0 aliphatic heterocycles. The Morgan fingerprint density at radius 2 is 1.82 bits per heavy atom. The van der Waals surface area contributed by atoms with E-state index in [1.54, 1.807) is 6.20 Å². The number of carbonyl (C=O) groups is 1. The Bertz CT molecular complexity index is 956. The molecule has 0 unspecified atom stereocenters. The van der Waals surface area contributed by atoms with Crippen LogP contribution in [0.15, 0.2) is 66.9 Å². The van der Waals surface area contributed by atoms with Gasteiger partial charge in [0.1, 0.15) is 11.4 Å². The number of hydrogen-bond donors (Lipinski definition) is 1. The van der Waals surface area contributed by atoms with Crippen LogP contribution in [0.2, 0.25) is 0 Å². The van der Waals surface area contributed by atoms with Crippen molar-refractivity contribution in [2.75, 3.05) is 23.4 Å². The lowest BCUT2D eigenvalue weighted by Crippen LogP contribution is -2.19. The van der Waals surface area contributed by atoms with Crippen LogP contribution in [0.5, 0.6) is 5.75 Å². The normalized spacial score (nSPS) is 10.4. The molecule has 0 radical (unpaired) electrons. The van der Waals surface area contributed by atoms with Crippen LogP contribution in [0, 0.1) is 6.92 Å². The van der Waals surface area contributed by atoms with E-state index >= 15 is 0 Å². The second-order valence-electron chi connectivity index (χ2n) is 6.37. The summed E-state index contributed by atoms with van der Waals surface area (Å²) >= 11 is 0. The van der Waals surface area contributed by atoms with E-state index in [0.29, 0.717) is 23.7 Å². The SMILES string of the molecule is CCOc1ccccc1NC(=O)c1cc(N(CC)c2cccc(C)c2)ccn1. The van der Waals surface area contributed by atoms with E-state index in [9.17, 15) is 4.79 Å². The molecule has 5 heteroatoms. The molecule has 0 atom stereocenters. The van der Waals surface area contributed by atoms with Gasteiger partial charge in [0.15, 0.2) is 0 Å². The molecule has 0 aliphatic rings. The van der Waals surface area contributed by atoms with E-state index in [1.807, 2.05) is 49.4 Å². The average Bonchev–Trinajstić information content (AvgIpc) is 2.70. The Labute approximate surface area is 166 Å². The van der Waals surface area contributed by atoms with Crippen LogP contribution in [0.1, 0.15) is 29.9 Å². The number of ether oxygens (including phenoxy) is 1. The number of pyridine rings is 1. The zero-order chi connectivity index (χ0) is 19.9. The van der Waals surface area contributed by atoms with Gasteiger partial charge in [-0.05, 0) is 62.7 Å². The quantitative estimate of drug-likeness (QED) is 0.617. The highest BCUT2D eigenvalue weighted by atomic mass is 16.5. The van der Waals surface area contributed by atoms with E-state index < -0.39 is 0 Å². The fourth-order valence-corrected chi connectivity index (χ4v) is 3.06. The molecule has 0 spiro atoms. The standard InChI is InChI=1S/C23H25N3O2/c1-4-26(18-10-8-9-17(3)15-18)19-13-14-24-21(16-19)23(27)25-20-11-6-7-12-22(20)28-5-2/h6-16H,4-5H2,1-3H3,(H,25,27). The largest absolute Gasteiger partial charge is 0.492 e. The Kier molecular flexibility index (Phi) is 6.27. The molecule has 28 heavy (non-hydrogen) atoms. The van der Waals surface area contributed by atoms with Crippen LogP contribution < -0.4 is 15.0 Å². The number of nitrogens with zero attached hydrogens (tertiary/aromatic N) is 2. The molecule has 3 aromatic rings. The summed E-state index contributed by atoms with van der Waals surface area (Å²) in [5.41, 5.74) is 4.19. The van der Waals surface area contributed by atoms with Crippen molar-refractivity contribution in [3.8, 4) is 5.75 Å². The van der Waals surface area contributed by atoms with Crippen LogP contribution in [0.25, 0.3) is 0 Å². The molecule has 0 saturated carbocycles. The topological polar surface area (TPSA) is 54.5 Å². The van der Waals surface area contributed by atoms with E-state index in [0.717, 1.165) is 17.9 Å². The van der Waals surface area contributed by atoms with Gasteiger partial charge in [-0.15, -0.1) is 0 Å². The fourth-order valence-electron chi connectivity index (χ4n) is 3.06. The first kappa shape index (κ1) is 19.4. The summed E-state index contributed by atoms with van der Waals surface area (Å²) in [5.74, 6) is 0.374. The number of para-hydroxylation sites is 2. The van der Waals surface area contributed by atoms with Crippen molar-refractivity contribution in [1.29, 1.82) is 0 Å². The van der Waals surface area contributed by atoms with Gasteiger partial charge in [0.2, 0.25) is 0 Å². The highest BCUT2D eigenvalue weighted by Gasteiger charge is 2.14. The lowest BCUT2D eigenvalue weighted by molar-refractivity contribution is 0.102. The first-order chi connectivity index (χ1) is 13.6. The minimum Gasteiger partial charge on any atom is -0.492 e. The van der Waals surface area contributed by atoms with Crippen LogP contribution in [-0.4, -0.2) is 24.0 Å². The van der Waals surface area contributed by atoms with E-state index in [4.69, 9.17) is 4.74 Å². The van der Waals surface area contributed by atoms with Crippen molar-refractivity contribution >= 4 is 23.0 Å². The molecule has 144 valence electrons. The molecule has 5 nitrogen and oxygen atoms in total. The predicted molar refractivity (Wildman–Crippen MR) is 114 cm³/mol. The zero-order valence-electron chi connectivity index (χ0n) is 16.5. The highest BCUT2D eigenvalue weighted by molar-refractivity contribution is 6.04. The van der Waals surface area contributed by atoms with E-state index in [2.05, 4.69) is 47.2 Å². The van der Waals surface area contributed by atoms with Crippen molar-refractivity contribution < 1.29 is 9.53 Å². The maximum Gasteiger partial charge on any atom is 0.274 e. The number of amides is 1. The highest BCUT2D eigenvalue weighted by Crippen LogP contribution is 2.27. The number of rotatable bonds is 7. The Morgan fingerprint density at radius 1 is 1.04 bits per heavy atom. The molecule has 0 saturated heterocycles. The third-order valence-corrected chi connectivity index (χ3v) is 4.35. The summed E-state index contributed by atoms with van der Waals surface area (Å²) < 4.78 is 5.58. The molecule has 0 aliphatic carbocycles. The maximum atomic E-state index is 12.8. The van der Waals surface area contributed by atoms with E-state index in [-0.39, 0.29) is 5.91 Å². The van der Waals surface area contributed by atoms with Gasteiger partial charge in [-0.3, -0.25) is 9.78 Å². The molecule has 1 N–H and O–H groups in total. The molecule has 1 heterocycles. The van der Waals surface area contributed by atoms with Gasteiger partial charge in [-0.1, -0.05) is 24.3 Å². The van der Waals surface area contributed by atoms with Gasteiger partial charge in [-0.25, -0.2) is 0 Å². The monoisotopic (exact) mass is 375 g/mol. The lowest BCUT2D eigenvalue weighted by Gasteiger charge is -2.24. The fraction of sp³-hybridized carbons (Fsp3) is 0.217. The second kappa shape index (κ2) is 9.04. The third kappa shape index (κ3) is 4.49. The molecule has 1 amide bonds. The Morgan fingerprint density at radius 3 is 2.57 bits per heavy atom. The van der Waals surface area contributed by atoms with Crippen LogP contribution >= 0.6 is 0 Å². The first-order valence-electron chi connectivity index (χ1n) is 9.45. The number of aromatic nitrogens is 1. The second-order valence-corrected chi connectivity index (χ2v) is 6.37. The van der Waals surface area contributed by atoms with Crippen LogP contribution in [0.3, 0.4) is 0 Å².